The summed E-state index contributed by atoms with van der Waals surface area (Å²) in [6, 6.07) is 18.9. The number of aromatic nitrogens is 1. The van der Waals surface area contributed by atoms with Gasteiger partial charge in [-0.1, -0.05) is 60.7 Å². The Morgan fingerprint density at radius 3 is 2.40 bits per heavy atom. The van der Waals surface area contributed by atoms with E-state index in [1.807, 2.05) is 66.0 Å². The van der Waals surface area contributed by atoms with Gasteiger partial charge in [-0.3, -0.25) is 14.9 Å². The number of nitrogens with zero attached hydrogens (tertiary/aromatic N) is 1. The number of hydrogen-bond donors (Lipinski definition) is 1. The molecule has 1 amide bonds. The van der Waals surface area contributed by atoms with Crippen molar-refractivity contribution in [2.45, 2.75) is 6.42 Å². The lowest BCUT2D eigenvalue weighted by molar-refractivity contribution is -0.146. The first-order valence-corrected chi connectivity index (χ1v) is 8.59. The molecule has 2 aromatic carbocycles. The van der Waals surface area contributed by atoms with Crippen LogP contribution in [0.25, 0.3) is 11.3 Å². The second kappa shape index (κ2) is 8.21. The maximum absolute atomic E-state index is 11.9. The molecule has 25 heavy (non-hydrogen) atoms. The SMILES string of the molecule is O=C(COC(=O)Cc1ccccc1)Nc1nc(-c2ccccc2)cs1. The lowest BCUT2D eigenvalue weighted by atomic mass is 10.2. The van der Waals surface area contributed by atoms with Gasteiger partial charge in [0.25, 0.3) is 5.91 Å². The van der Waals surface area contributed by atoms with Crippen molar-refractivity contribution in [2.24, 2.45) is 0 Å². The first-order valence-electron chi connectivity index (χ1n) is 7.71. The van der Waals surface area contributed by atoms with Crippen molar-refractivity contribution in [3.8, 4) is 11.3 Å². The Bertz CT molecular complexity index is 847. The monoisotopic (exact) mass is 352 g/mol. The Morgan fingerprint density at radius 2 is 1.68 bits per heavy atom. The maximum atomic E-state index is 11.9. The number of benzene rings is 2. The number of nitrogens with one attached hydrogen (secondary N) is 1. The molecule has 0 saturated heterocycles. The van der Waals surface area contributed by atoms with Crippen LogP contribution < -0.4 is 5.32 Å². The minimum absolute atomic E-state index is 0.142. The van der Waals surface area contributed by atoms with Crippen LogP contribution in [-0.2, 0) is 20.7 Å². The zero-order valence-electron chi connectivity index (χ0n) is 13.3. The van der Waals surface area contributed by atoms with Crippen LogP contribution in [0.1, 0.15) is 5.56 Å². The number of esters is 1. The normalized spacial score (nSPS) is 10.2. The molecule has 126 valence electrons. The summed E-state index contributed by atoms with van der Waals surface area (Å²) in [6.07, 6.45) is 0.142. The molecular formula is C19H16N2O3S. The maximum Gasteiger partial charge on any atom is 0.310 e. The second-order valence-electron chi connectivity index (χ2n) is 5.28. The molecule has 6 heteroatoms. The van der Waals surface area contributed by atoms with Gasteiger partial charge in [-0.15, -0.1) is 11.3 Å². The highest BCUT2D eigenvalue weighted by Crippen LogP contribution is 2.24. The van der Waals surface area contributed by atoms with E-state index in [0.29, 0.717) is 5.13 Å². The molecule has 1 N–H and O–H groups in total. The van der Waals surface area contributed by atoms with Crippen LogP contribution in [-0.4, -0.2) is 23.5 Å². The van der Waals surface area contributed by atoms with E-state index in [0.717, 1.165) is 16.8 Å². The Hall–Kier alpha value is -2.99. The van der Waals surface area contributed by atoms with E-state index in [2.05, 4.69) is 10.3 Å². The number of anilines is 1. The average molecular weight is 352 g/mol. The summed E-state index contributed by atoms with van der Waals surface area (Å²) in [7, 11) is 0. The average Bonchev–Trinajstić information content (AvgIpc) is 3.10. The number of ether oxygens (including phenoxy) is 1. The molecule has 0 bridgehead atoms. The Kier molecular flexibility index (Phi) is 5.53. The molecule has 1 heterocycles. The van der Waals surface area contributed by atoms with Crippen LogP contribution in [0.5, 0.6) is 0 Å². The van der Waals surface area contributed by atoms with Crippen molar-refractivity contribution in [1.82, 2.24) is 4.98 Å². The number of hydrogen-bond acceptors (Lipinski definition) is 5. The Morgan fingerprint density at radius 1 is 1.00 bits per heavy atom. The zero-order chi connectivity index (χ0) is 17.5. The molecule has 0 atom stereocenters. The smallest absolute Gasteiger partial charge is 0.310 e. The van der Waals surface area contributed by atoms with Gasteiger partial charge in [0.15, 0.2) is 11.7 Å². The van der Waals surface area contributed by atoms with E-state index in [-0.39, 0.29) is 13.0 Å². The van der Waals surface area contributed by atoms with Crippen LogP contribution >= 0.6 is 11.3 Å². The molecule has 0 aliphatic heterocycles. The second-order valence-corrected chi connectivity index (χ2v) is 6.13. The number of amides is 1. The van der Waals surface area contributed by atoms with Crippen LogP contribution in [0.3, 0.4) is 0 Å². The molecule has 0 saturated carbocycles. The number of carbonyl (C=O) groups excluding carboxylic acids is 2. The van der Waals surface area contributed by atoms with Gasteiger partial charge in [-0.05, 0) is 5.56 Å². The Labute approximate surface area is 149 Å². The molecule has 0 aliphatic rings. The minimum Gasteiger partial charge on any atom is -0.455 e. The fourth-order valence-corrected chi connectivity index (χ4v) is 2.92. The van der Waals surface area contributed by atoms with Crippen LogP contribution in [0.15, 0.2) is 66.0 Å². The quantitative estimate of drug-likeness (QED) is 0.689. The third kappa shape index (κ3) is 4.99. The molecular weight excluding hydrogens is 336 g/mol. The van der Waals surface area contributed by atoms with Crippen molar-refractivity contribution < 1.29 is 14.3 Å². The van der Waals surface area contributed by atoms with E-state index >= 15 is 0 Å². The summed E-state index contributed by atoms with van der Waals surface area (Å²) in [5, 5.41) is 4.98. The lowest BCUT2D eigenvalue weighted by Gasteiger charge is -2.04. The third-order valence-corrected chi connectivity index (χ3v) is 4.13. The molecule has 0 unspecified atom stereocenters. The summed E-state index contributed by atoms with van der Waals surface area (Å²) in [5.74, 6) is -0.846. The molecule has 5 nitrogen and oxygen atoms in total. The molecule has 1 aromatic heterocycles. The van der Waals surface area contributed by atoms with Gasteiger partial charge in [0, 0.05) is 10.9 Å². The molecule has 3 aromatic rings. The van der Waals surface area contributed by atoms with Gasteiger partial charge < -0.3 is 4.74 Å². The summed E-state index contributed by atoms with van der Waals surface area (Å²) in [6.45, 7) is -0.327. The number of thiazole rings is 1. The van der Waals surface area contributed by atoms with Crippen molar-refractivity contribution in [2.75, 3.05) is 11.9 Å². The standard InChI is InChI=1S/C19H16N2O3S/c22-17(12-24-18(23)11-14-7-3-1-4-8-14)21-19-20-16(13-25-19)15-9-5-2-6-10-15/h1-10,13H,11-12H2,(H,20,21,22). The summed E-state index contributed by atoms with van der Waals surface area (Å²) in [5.41, 5.74) is 2.62. The number of carbonyl (C=O) groups is 2. The predicted molar refractivity (Wildman–Crippen MR) is 97.3 cm³/mol. The molecule has 0 fully saturated rings. The van der Waals surface area contributed by atoms with Gasteiger partial charge in [-0.2, -0.15) is 0 Å². The van der Waals surface area contributed by atoms with E-state index in [1.165, 1.54) is 11.3 Å². The fourth-order valence-electron chi connectivity index (χ4n) is 2.19. The zero-order valence-corrected chi connectivity index (χ0v) is 14.2. The molecule has 3 rings (SSSR count). The van der Waals surface area contributed by atoms with Gasteiger partial charge >= 0.3 is 5.97 Å². The molecule has 0 spiro atoms. The minimum atomic E-state index is -0.439. The Balaban J connectivity index is 1.48. The fraction of sp³-hybridized carbons (Fsp3) is 0.105. The topological polar surface area (TPSA) is 68.3 Å². The summed E-state index contributed by atoms with van der Waals surface area (Å²) < 4.78 is 5.00. The van der Waals surface area contributed by atoms with Gasteiger partial charge in [0.05, 0.1) is 12.1 Å². The highest BCUT2D eigenvalue weighted by atomic mass is 32.1. The van der Waals surface area contributed by atoms with Gasteiger partial charge in [0.2, 0.25) is 0 Å². The largest absolute Gasteiger partial charge is 0.455 e. The highest BCUT2D eigenvalue weighted by Gasteiger charge is 2.11. The van der Waals surface area contributed by atoms with Gasteiger partial charge in [0.1, 0.15) is 0 Å². The van der Waals surface area contributed by atoms with E-state index in [9.17, 15) is 9.59 Å². The van der Waals surface area contributed by atoms with Crippen LogP contribution in [0, 0.1) is 0 Å². The molecule has 0 radical (unpaired) electrons. The van der Waals surface area contributed by atoms with E-state index in [4.69, 9.17) is 4.74 Å². The first kappa shape index (κ1) is 16.9. The predicted octanol–water partition coefficient (Wildman–Crippen LogP) is 3.53. The van der Waals surface area contributed by atoms with Crippen LogP contribution in [0.2, 0.25) is 0 Å². The van der Waals surface area contributed by atoms with Crippen molar-refractivity contribution in [1.29, 1.82) is 0 Å². The lowest BCUT2D eigenvalue weighted by Crippen LogP contribution is -2.21. The summed E-state index contributed by atoms with van der Waals surface area (Å²) in [4.78, 5) is 28.0. The first-order chi connectivity index (χ1) is 12.2. The van der Waals surface area contributed by atoms with Crippen molar-refractivity contribution in [3.05, 3.63) is 71.6 Å². The van der Waals surface area contributed by atoms with E-state index in [1.54, 1.807) is 0 Å². The van der Waals surface area contributed by atoms with Crippen molar-refractivity contribution in [3.63, 3.8) is 0 Å². The van der Waals surface area contributed by atoms with Gasteiger partial charge in [-0.25, -0.2) is 4.98 Å². The van der Waals surface area contributed by atoms with Crippen molar-refractivity contribution >= 4 is 28.3 Å². The summed E-state index contributed by atoms with van der Waals surface area (Å²) >= 11 is 1.33. The molecule has 0 aliphatic carbocycles. The van der Waals surface area contributed by atoms with E-state index < -0.39 is 11.9 Å². The third-order valence-electron chi connectivity index (χ3n) is 3.38. The number of rotatable bonds is 6. The highest BCUT2D eigenvalue weighted by molar-refractivity contribution is 7.14. The van der Waals surface area contributed by atoms with Crippen LogP contribution in [0.4, 0.5) is 5.13 Å².